The van der Waals surface area contributed by atoms with Gasteiger partial charge in [0.15, 0.2) is 0 Å². The van der Waals surface area contributed by atoms with E-state index in [2.05, 4.69) is 20.8 Å². The molecule has 1 aliphatic rings. The number of hydrogen-bond donors (Lipinski definition) is 0. The van der Waals surface area contributed by atoms with Crippen molar-refractivity contribution in [1.82, 2.24) is 4.90 Å². The summed E-state index contributed by atoms with van der Waals surface area (Å²) in [6.07, 6.45) is 2.16. The summed E-state index contributed by atoms with van der Waals surface area (Å²) in [6.45, 7) is 9.40. The molecule has 1 atom stereocenters. The Hall–Kier alpha value is -0.180. The fraction of sp³-hybridized carbons (Fsp3) is 1.00. The fourth-order valence-electron chi connectivity index (χ4n) is 2.57. The first-order chi connectivity index (χ1) is 7.29. The van der Waals surface area contributed by atoms with Crippen molar-refractivity contribution >= 4 is 0 Å². The summed E-state index contributed by atoms with van der Waals surface area (Å²) < 4.78 is 25.7. The molecule has 0 spiro atoms. The van der Waals surface area contributed by atoms with Crippen molar-refractivity contribution in [3.05, 3.63) is 0 Å². The molecule has 0 aromatic heterocycles. The van der Waals surface area contributed by atoms with Crippen LogP contribution >= 0.6 is 0 Å². The van der Waals surface area contributed by atoms with Crippen LogP contribution in [0.4, 0.5) is 8.78 Å². The van der Waals surface area contributed by atoms with E-state index in [4.69, 9.17) is 0 Å². The Balaban J connectivity index is 2.34. The van der Waals surface area contributed by atoms with Crippen molar-refractivity contribution in [2.75, 3.05) is 19.6 Å². The van der Waals surface area contributed by atoms with Crippen LogP contribution in [0.3, 0.4) is 0 Å². The molecule has 1 rings (SSSR count). The number of halogens is 2. The van der Waals surface area contributed by atoms with E-state index in [-0.39, 0.29) is 6.54 Å². The molecule has 96 valence electrons. The van der Waals surface area contributed by atoms with E-state index in [1.807, 2.05) is 4.90 Å². The first-order valence-electron chi connectivity index (χ1n) is 6.40. The van der Waals surface area contributed by atoms with E-state index in [0.29, 0.717) is 11.8 Å². The Kier molecular flexibility index (Phi) is 4.72. The highest BCUT2D eigenvalue weighted by Gasteiger charge is 2.30. The lowest BCUT2D eigenvalue weighted by molar-refractivity contribution is -0.0252. The lowest BCUT2D eigenvalue weighted by atomic mass is 9.79. The van der Waals surface area contributed by atoms with Gasteiger partial charge in [-0.25, -0.2) is 8.78 Å². The van der Waals surface area contributed by atoms with E-state index in [9.17, 15) is 8.78 Å². The number of likely N-dealkylation sites (tertiary alicyclic amines) is 1. The van der Waals surface area contributed by atoms with Crippen LogP contribution in [-0.2, 0) is 0 Å². The summed E-state index contributed by atoms with van der Waals surface area (Å²) in [6, 6.07) is 0. The molecule has 1 heterocycles. The van der Waals surface area contributed by atoms with Crippen molar-refractivity contribution in [2.24, 2.45) is 17.8 Å². The Morgan fingerprint density at radius 3 is 2.06 bits per heavy atom. The summed E-state index contributed by atoms with van der Waals surface area (Å²) in [5.74, 6) is -0.411. The Morgan fingerprint density at radius 1 is 1.19 bits per heavy atom. The van der Waals surface area contributed by atoms with Gasteiger partial charge in [-0.05, 0) is 43.7 Å². The number of alkyl halides is 2. The smallest absolute Gasteiger partial charge is 0.257 e. The second kappa shape index (κ2) is 5.44. The Bertz CT molecular complexity index is 202. The van der Waals surface area contributed by atoms with Gasteiger partial charge < -0.3 is 0 Å². The van der Waals surface area contributed by atoms with Crippen LogP contribution in [-0.4, -0.2) is 30.5 Å². The van der Waals surface area contributed by atoms with Gasteiger partial charge in [0.25, 0.3) is 5.92 Å². The van der Waals surface area contributed by atoms with Crippen LogP contribution in [0, 0.1) is 17.8 Å². The number of hydrogen-bond acceptors (Lipinski definition) is 1. The normalized spacial score (nSPS) is 22.7. The summed E-state index contributed by atoms with van der Waals surface area (Å²) >= 11 is 0. The Morgan fingerprint density at radius 2 is 1.69 bits per heavy atom. The Labute approximate surface area is 98.2 Å². The number of nitrogens with zero attached hydrogens (tertiary/aromatic N) is 1. The zero-order valence-electron chi connectivity index (χ0n) is 11.0. The van der Waals surface area contributed by atoms with Crippen LogP contribution in [0.25, 0.3) is 0 Å². The van der Waals surface area contributed by atoms with Gasteiger partial charge >= 0.3 is 0 Å². The molecule has 16 heavy (non-hydrogen) atoms. The maximum absolute atomic E-state index is 12.8. The zero-order chi connectivity index (χ0) is 12.3. The highest BCUT2D eigenvalue weighted by molar-refractivity contribution is 4.79. The molecule has 0 radical (unpaired) electrons. The zero-order valence-corrected chi connectivity index (χ0v) is 11.0. The molecule has 1 nitrogen and oxygen atoms in total. The van der Waals surface area contributed by atoms with Crippen molar-refractivity contribution in [3.63, 3.8) is 0 Å². The third-order valence-corrected chi connectivity index (χ3v) is 3.93. The van der Waals surface area contributed by atoms with E-state index in [0.717, 1.165) is 38.8 Å². The second-order valence-electron chi connectivity index (χ2n) is 5.79. The average molecular weight is 233 g/mol. The second-order valence-corrected chi connectivity index (χ2v) is 5.79. The molecule has 0 aromatic rings. The van der Waals surface area contributed by atoms with E-state index >= 15 is 0 Å². The minimum atomic E-state index is -2.55. The molecule has 1 aliphatic heterocycles. The third kappa shape index (κ3) is 4.36. The fourth-order valence-corrected chi connectivity index (χ4v) is 2.57. The number of rotatable bonds is 4. The predicted octanol–water partition coefficient (Wildman–Crippen LogP) is 3.65. The van der Waals surface area contributed by atoms with Crippen LogP contribution in [0.5, 0.6) is 0 Å². The number of piperidine rings is 1. The molecule has 0 N–H and O–H groups in total. The van der Waals surface area contributed by atoms with Crippen LogP contribution in [0.2, 0.25) is 0 Å². The topological polar surface area (TPSA) is 3.24 Å². The molecule has 0 saturated carbocycles. The van der Waals surface area contributed by atoms with Gasteiger partial charge in [0.1, 0.15) is 0 Å². The minimum absolute atomic E-state index is 0.0736. The molecule has 0 aromatic carbocycles. The predicted molar refractivity (Wildman–Crippen MR) is 63.8 cm³/mol. The maximum Gasteiger partial charge on any atom is 0.257 e. The van der Waals surface area contributed by atoms with Gasteiger partial charge in [-0.2, -0.15) is 0 Å². The molecule has 0 amide bonds. The molecular weight excluding hydrogens is 208 g/mol. The first-order valence-corrected chi connectivity index (χ1v) is 6.40. The molecule has 0 bridgehead atoms. The van der Waals surface area contributed by atoms with Crippen LogP contribution < -0.4 is 0 Å². The molecule has 1 unspecified atom stereocenters. The molecular formula is C13H25F2N. The average Bonchev–Trinajstić information content (AvgIpc) is 2.15. The van der Waals surface area contributed by atoms with Gasteiger partial charge in [-0.3, -0.25) is 4.90 Å². The highest BCUT2D eigenvalue weighted by atomic mass is 19.3. The quantitative estimate of drug-likeness (QED) is 0.716. The van der Waals surface area contributed by atoms with E-state index in [1.54, 1.807) is 0 Å². The molecule has 1 saturated heterocycles. The van der Waals surface area contributed by atoms with Crippen molar-refractivity contribution in [2.45, 2.75) is 46.5 Å². The summed E-state index contributed by atoms with van der Waals surface area (Å²) in [5, 5.41) is 0. The maximum atomic E-state index is 12.8. The van der Waals surface area contributed by atoms with Crippen molar-refractivity contribution < 1.29 is 8.78 Å². The largest absolute Gasteiger partial charge is 0.297 e. The van der Waals surface area contributed by atoms with Gasteiger partial charge in [-0.15, -0.1) is 0 Å². The molecule has 3 heteroatoms. The van der Waals surface area contributed by atoms with Crippen LogP contribution in [0.15, 0.2) is 0 Å². The summed E-state index contributed by atoms with van der Waals surface area (Å²) in [5.41, 5.74) is 0. The van der Waals surface area contributed by atoms with Crippen LogP contribution in [0.1, 0.15) is 40.5 Å². The minimum Gasteiger partial charge on any atom is -0.297 e. The first kappa shape index (κ1) is 13.9. The monoisotopic (exact) mass is 233 g/mol. The standard InChI is InChI=1S/C13H25F2N/c1-10(2)11(3)12-5-7-16(8-6-12)9-13(4,14)15/h10-12H,5-9H2,1-4H3. The van der Waals surface area contributed by atoms with Gasteiger partial charge in [0.05, 0.1) is 6.54 Å². The van der Waals surface area contributed by atoms with Gasteiger partial charge in [0.2, 0.25) is 0 Å². The van der Waals surface area contributed by atoms with E-state index < -0.39 is 5.92 Å². The van der Waals surface area contributed by atoms with Crippen molar-refractivity contribution in [3.8, 4) is 0 Å². The lowest BCUT2D eigenvalue weighted by Gasteiger charge is -2.37. The van der Waals surface area contributed by atoms with Gasteiger partial charge in [-0.1, -0.05) is 20.8 Å². The van der Waals surface area contributed by atoms with E-state index in [1.165, 1.54) is 0 Å². The van der Waals surface area contributed by atoms with Gasteiger partial charge in [0, 0.05) is 6.92 Å². The SMILES string of the molecule is CC(C)C(C)C1CCN(CC(C)(F)F)CC1. The molecule has 0 aliphatic carbocycles. The third-order valence-electron chi connectivity index (χ3n) is 3.93. The molecule has 1 fully saturated rings. The van der Waals surface area contributed by atoms with Crippen molar-refractivity contribution in [1.29, 1.82) is 0 Å². The highest BCUT2D eigenvalue weighted by Crippen LogP contribution is 2.30. The summed E-state index contributed by atoms with van der Waals surface area (Å²) in [4.78, 5) is 1.91. The summed E-state index contributed by atoms with van der Waals surface area (Å²) in [7, 11) is 0. The lowest BCUT2D eigenvalue weighted by Crippen LogP contribution is -2.42.